The second kappa shape index (κ2) is 4.63. The highest BCUT2D eigenvalue weighted by molar-refractivity contribution is 6.31. The van der Waals surface area contributed by atoms with E-state index in [4.69, 9.17) is 16.3 Å². The Morgan fingerprint density at radius 2 is 2.24 bits per heavy atom. The van der Waals surface area contributed by atoms with Crippen molar-refractivity contribution in [1.82, 2.24) is 9.55 Å². The molecule has 3 heterocycles. The normalized spacial score (nSPS) is 21.3. The fourth-order valence-corrected chi connectivity index (χ4v) is 3.19. The van der Waals surface area contributed by atoms with E-state index in [2.05, 4.69) is 10.3 Å². The van der Waals surface area contributed by atoms with Gasteiger partial charge in [0.2, 0.25) is 5.75 Å². The summed E-state index contributed by atoms with van der Waals surface area (Å²) < 4.78 is 7.27. The van der Waals surface area contributed by atoms with Gasteiger partial charge in [-0.2, -0.15) is 0 Å². The van der Waals surface area contributed by atoms with E-state index in [1.165, 1.54) is 17.4 Å². The Balaban J connectivity index is 1.98. The van der Waals surface area contributed by atoms with Gasteiger partial charge in [0.05, 0.1) is 17.3 Å². The number of halogens is 1. The van der Waals surface area contributed by atoms with Gasteiger partial charge in [-0.1, -0.05) is 11.6 Å². The summed E-state index contributed by atoms with van der Waals surface area (Å²) in [6, 6.07) is 2.20. The minimum atomic E-state index is -0.156. The van der Waals surface area contributed by atoms with Crippen LogP contribution in [-0.4, -0.2) is 22.2 Å². The summed E-state index contributed by atoms with van der Waals surface area (Å²) in [6.07, 6.45) is 4.97. The van der Waals surface area contributed by atoms with Gasteiger partial charge in [-0.3, -0.25) is 9.36 Å². The van der Waals surface area contributed by atoms with Crippen LogP contribution in [0.2, 0.25) is 5.02 Å². The van der Waals surface area contributed by atoms with Crippen molar-refractivity contribution in [3.8, 4) is 5.75 Å². The smallest absolute Gasteiger partial charge is 0.296 e. The maximum atomic E-state index is 12.5. The van der Waals surface area contributed by atoms with Crippen LogP contribution in [0.4, 0.5) is 5.69 Å². The van der Waals surface area contributed by atoms with Gasteiger partial charge in [0.1, 0.15) is 5.65 Å². The molecule has 0 saturated heterocycles. The number of pyridine rings is 2. The second-order valence-corrected chi connectivity index (χ2v) is 6.25. The predicted molar refractivity (Wildman–Crippen MR) is 82.2 cm³/mol. The van der Waals surface area contributed by atoms with E-state index in [1.54, 1.807) is 13.2 Å². The van der Waals surface area contributed by atoms with Crippen LogP contribution in [0.25, 0.3) is 11.0 Å². The van der Waals surface area contributed by atoms with E-state index in [0.717, 1.165) is 17.5 Å². The van der Waals surface area contributed by atoms with Gasteiger partial charge >= 0.3 is 0 Å². The highest BCUT2D eigenvalue weighted by atomic mass is 35.5. The van der Waals surface area contributed by atoms with Crippen molar-refractivity contribution < 1.29 is 4.74 Å². The molecule has 21 heavy (non-hydrogen) atoms. The maximum Gasteiger partial charge on any atom is 0.296 e. The lowest BCUT2D eigenvalue weighted by molar-refractivity contribution is 0.303. The molecule has 0 unspecified atom stereocenters. The van der Waals surface area contributed by atoms with Crippen molar-refractivity contribution >= 4 is 28.3 Å². The molecule has 1 N–H and O–H groups in total. The molecule has 0 radical (unpaired) electrons. The molecule has 1 fully saturated rings. The first-order valence-corrected chi connectivity index (χ1v) is 7.60. The minimum absolute atomic E-state index is 0.156. The Morgan fingerprint density at radius 3 is 3.00 bits per heavy atom. The largest absolute Gasteiger partial charge is 0.486 e. The lowest BCUT2D eigenvalue weighted by atomic mass is 10.1. The molecule has 0 bridgehead atoms. The number of aryl methyl sites for hydroxylation is 1. The molecule has 4 rings (SSSR count). The zero-order valence-electron chi connectivity index (χ0n) is 11.7. The first-order valence-electron chi connectivity index (χ1n) is 7.22. The highest BCUT2D eigenvalue weighted by Crippen LogP contribution is 2.40. The predicted octanol–water partition coefficient (Wildman–Crippen LogP) is 2.56. The van der Waals surface area contributed by atoms with Crippen LogP contribution < -0.4 is 15.6 Å². The lowest BCUT2D eigenvalue weighted by Crippen LogP contribution is -2.23. The summed E-state index contributed by atoms with van der Waals surface area (Å²) in [5.41, 5.74) is 1.21. The number of hydrogen-bond acceptors (Lipinski definition) is 4. The molecule has 2 aromatic rings. The van der Waals surface area contributed by atoms with E-state index >= 15 is 0 Å². The number of fused-ring (bicyclic) bond motifs is 3. The van der Waals surface area contributed by atoms with E-state index in [1.807, 2.05) is 6.07 Å². The van der Waals surface area contributed by atoms with Gasteiger partial charge in [-0.15, -0.1) is 0 Å². The first kappa shape index (κ1) is 13.0. The zero-order chi connectivity index (χ0) is 14.6. The number of nitrogens with zero attached hydrogens (tertiary/aromatic N) is 2. The molecule has 0 amide bonds. The lowest BCUT2D eigenvalue weighted by Gasteiger charge is -2.18. The van der Waals surface area contributed by atoms with Crippen LogP contribution in [0.3, 0.4) is 0 Å². The van der Waals surface area contributed by atoms with Crippen LogP contribution in [-0.2, 0) is 7.05 Å². The third-order valence-corrected chi connectivity index (χ3v) is 4.55. The average molecular weight is 306 g/mol. The van der Waals surface area contributed by atoms with Crippen molar-refractivity contribution in [2.75, 3.05) is 11.9 Å². The Hall–Kier alpha value is -1.75. The quantitative estimate of drug-likeness (QED) is 0.880. The van der Waals surface area contributed by atoms with Crippen LogP contribution in [0.15, 0.2) is 17.1 Å². The summed E-state index contributed by atoms with van der Waals surface area (Å²) in [7, 11) is 1.71. The van der Waals surface area contributed by atoms with Crippen molar-refractivity contribution in [3.63, 3.8) is 0 Å². The summed E-state index contributed by atoms with van der Waals surface area (Å²) in [5, 5.41) is 4.92. The van der Waals surface area contributed by atoms with E-state index in [9.17, 15) is 4.79 Å². The van der Waals surface area contributed by atoms with Crippen molar-refractivity contribution in [2.24, 2.45) is 13.0 Å². The molecule has 6 heteroatoms. The van der Waals surface area contributed by atoms with E-state index in [0.29, 0.717) is 35.0 Å². The van der Waals surface area contributed by atoms with Gasteiger partial charge < -0.3 is 10.1 Å². The molecular weight excluding hydrogens is 290 g/mol. The number of hydrogen-bond donors (Lipinski definition) is 1. The third kappa shape index (κ3) is 2.07. The third-order valence-electron chi connectivity index (χ3n) is 4.34. The van der Waals surface area contributed by atoms with Gasteiger partial charge in [-0.05, 0) is 24.8 Å². The zero-order valence-corrected chi connectivity index (χ0v) is 12.5. The second-order valence-electron chi connectivity index (χ2n) is 5.82. The summed E-state index contributed by atoms with van der Waals surface area (Å²) >= 11 is 6.09. The number of rotatable bonds is 1. The number of aromatic nitrogens is 2. The molecule has 2 aliphatic rings. The molecular formula is C15H16ClN3O2. The topological polar surface area (TPSA) is 56.2 Å². The summed E-state index contributed by atoms with van der Waals surface area (Å²) in [4.78, 5) is 16.8. The van der Waals surface area contributed by atoms with E-state index < -0.39 is 0 Å². The fourth-order valence-electron chi connectivity index (χ4n) is 3.04. The molecule has 2 aromatic heterocycles. The van der Waals surface area contributed by atoms with Crippen LogP contribution in [0.1, 0.15) is 19.3 Å². The van der Waals surface area contributed by atoms with Gasteiger partial charge in [0.15, 0.2) is 0 Å². The highest BCUT2D eigenvalue weighted by Gasteiger charge is 2.34. The average Bonchev–Trinajstić information content (AvgIpc) is 3.29. The van der Waals surface area contributed by atoms with Gasteiger partial charge in [-0.25, -0.2) is 4.98 Å². The summed E-state index contributed by atoms with van der Waals surface area (Å²) in [5.74, 6) is 1.07. The van der Waals surface area contributed by atoms with Crippen LogP contribution in [0, 0.1) is 5.92 Å². The minimum Gasteiger partial charge on any atom is -0.486 e. The van der Waals surface area contributed by atoms with Gasteiger partial charge in [0, 0.05) is 31.1 Å². The maximum absolute atomic E-state index is 12.5. The molecule has 1 saturated carbocycles. The molecule has 1 aliphatic carbocycles. The van der Waals surface area contributed by atoms with Crippen LogP contribution >= 0.6 is 11.6 Å². The molecule has 1 atom stereocenters. The van der Waals surface area contributed by atoms with Crippen molar-refractivity contribution in [2.45, 2.75) is 25.3 Å². The number of anilines is 1. The fraction of sp³-hybridized carbons (Fsp3) is 0.467. The summed E-state index contributed by atoms with van der Waals surface area (Å²) in [6.45, 7) is 0.565. The first-order chi connectivity index (χ1) is 10.1. The Bertz CT molecular complexity index is 783. The molecule has 110 valence electrons. The van der Waals surface area contributed by atoms with Gasteiger partial charge in [0.25, 0.3) is 5.56 Å². The molecule has 0 aromatic carbocycles. The number of ether oxygens (including phenoxy) is 1. The standard InChI is InChI=1S/C15H16ClN3O2/c1-19-14-10(6-9(16)7-17-14)12-13(15(19)20)21-5-4-11(18-12)8-2-3-8/h6-8,11,18H,2-5H2,1H3/t11-/m1/s1. The SMILES string of the molecule is Cn1c(=O)c2c(c3cc(Cl)cnc31)N[C@@H](C1CC1)CCO2. The van der Waals surface area contributed by atoms with Crippen LogP contribution in [0.5, 0.6) is 5.75 Å². The Morgan fingerprint density at radius 1 is 1.43 bits per heavy atom. The molecule has 5 nitrogen and oxygen atoms in total. The van der Waals surface area contributed by atoms with Crippen molar-refractivity contribution in [1.29, 1.82) is 0 Å². The number of nitrogens with one attached hydrogen (secondary N) is 1. The Labute approximate surface area is 126 Å². The van der Waals surface area contributed by atoms with Crippen molar-refractivity contribution in [3.05, 3.63) is 27.6 Å². The molecule has 0 spiro atoms. The Kier molecular flexibility index (Phi) is 2.85. The monoisotopic (exact) mass is 305 g/mol. The van der Waals surface area contributed by atoms with E-state index in [-0.39, 0.29) is 5.56 Å². The molecule has 1 aliphatic heterocycles.